The average molecular weight is 375 g/mol. The lowest BCUT2D eigenvalue weighted by atomic mass is 10.0. The molecule has 0 bridgehead atoms. The zero-order valence-electron chi connectivity index (χ0n) is 14.6. The summed E-state index contributed by atoms with van der Waals surface area (Å²) in [6, 6.07) is 3.43. The summed E-state index contributed by atoms with van der Waals surface area (Å²) in [5.74, 6) is -0.478. The maximum atomic E-state index is 12.8. The molecule has 0 amide bonds. The third-order valence-corrected chi connectivity index (χ3v) is 4.92. The first kappa shape index (κ1) is 17.8. The highest BCUT2D eigenvalue weighted by Crippen LogP contribution is 2.27. The molecule has 10 heteroatoms. The Morgan fingerprint density at radius 3 is 2.58 bits per heavy atom. The summed E-state index contributed by atoms with van der Waals surface area (Å²) in [6.07, 6.45) is 3.18. The summed E-state index contributed by atoms with van der Waals surface area (Å²) < 4.78 is 34.0. The predicted octanol–water partition coefficient (Wildman–Crippen LogP) is 1.64. The number of nitrogens with zero attached hydrogens (tertiary/aromatic N) is 4. The second-order valence-electron chi connectivity index (χ2n) is 5.82. The maximum absolute atomic E-state index is 12.8. The Balaban J connectivity index is 2.09. The normalized spacial score (nSPS) is 11.5. The number of rotatable bonds is 4. The van der Waals surface area contributed by atoms with Crippen LogP contribution in [0.15, 0.2) is 29.7 Å². The average Bonchev–Trinajstić information content (AvgIpc) is 3.01. The molecule has 0 radical (unpaired) electrons. The van der Waals surface area contributed by atoms with Crippen LogP contribution in [-0.4, -0.2) is 41.1 Å². The molecule has 1 aromatic carbocycles. The van der Waals surface area contributed by atoms with Crippen molar-refractivity contribution in [2.24, 2.45) is 0 Å². The topological polar surface area (TPSA) is 116 Å². The molecule has 0 aliphatic heterocycles. The second-order valence-corrected chi connectivity index (χ2v) is 7.39. The summed E-state index contributed by atoms with van der Waals surface area (Å²) in [4.78, 5) is 20.1. The van der Waals surface area contributed by atoms with Gasteiger partial charge in [0, 0.05) is 12.4 Å². The van der Waals surface area contributed by atoms with E-state index in [2.05, 4.69) is 19.8 Å². The summed E-state index contributed by atoms with van der Waals surface area (Å²) in [7, 11) is -2.90. The molecule has 136 valence electrons. The van der Waals surface area contributed by atoms with Gasteiger partial charge in [-0.15, -0.1) is 5.10 Å². The monoisotopic (exact) mass is 375 g/mol. The number of benzene rings is 1. The van der Waals surface area contributed by atoms with Crippen molar-refractivity contribution < 1.29 is 17.9 Å². The Kier molecular flexibility index (Phi) is 4.36. The highest BCUT2D eigenvalue weighted by atomic mass is 32.2. The second kappa shape index (κ2) is 6.37. The predicted molar refractivity (Wildman–Crippen MR) is 93.6 cm³/mol. The fourth-order valence-corrected chi connectivity index (χ4v) is 3.48. The molecule has 0 saturated heterocycles. The molecule has 0 spiro atoms. The van der Waals surface area contributed by atoms with E-state index in [1.165, 1.54) is 11.6 Å². The fourth-order valence-electron chi connectivity index (χ4n) is 2.46. The summed E-state index contributed by atoms with van der Waals surface area (Å²) in [5, 5.41) is 3.53. The van der Waals surface area contributed by atoms with Crippen molar-refractivity contribution in [3.8, 4) is 0 Å². The fraction of sp³-hybridized carbons (Fsp3) is 0.250. The van der Waals surface area contributed by atoms with Gasteiger partial charge in [0.1, 0.15) is 0 Å². The van der Waals surface area contributed by atoms with Crippen LogP contribution >= 0.6 is 0 Å². The lowest BCUT2D eigenvalue weighted by Crippen LogP contribution is -2.19. The molecule has 9 nitrogen and oxygen atoms in total. The molecular formula is C16H17N5O4S. The molecule has 0 atom stereocenters. The molecule has 3 rings (SSSR count). The lowest BCUT2D eigenvalue weighted by molar-refractivity contribution is 0.0601. The number of aromatic nitrogens is 4. The smallest absolute Gasteiger partial charge is 0.340 e. The van der Waals surface area contributed by atoms with E-state index < -0.39 is 21.1 Å². The van der Waals surface area contributed by atoms with E-state index in [1.807, 2.05) is 0 Å². The number of methoxy groups -OCH3 is 1. The van der Waals surface area contributed by atoms with Crippen LogP contribution in [0, 0.1) is 20.8 Å². The summed E-state index contributed by atoms with van der Waals surface area (Å²) in [5.41, 5.74) is 2.24. The van der Waals surface area contributed by atoms with Crippen molar-refractivity contribution in [1.82, 2.24) is 19.6 Å². The van der Waals surface area contributed by atoms with Crippen LogP contribution in [0.2, 0.25) is 0 Å². The molecular weight excluding hydrogens is 358 g/mol. The minimum absolute atomic E-state index is 0.139. The third kappa shape index (κ3) is 3.10. The van der Waals surface area contributed by atoms with Crippen LogP contribution in [0.5, 0.6) is 0 Å². The summed E-state index contributed by atoms with van der Waals surface area (Å²) >= 11 is 0. The van der Waals surface area contributed by atoms with Crippen LogP contribution in [0.3, 0.4) is 0 Å². The third-order valence-electron chi connectivity index (χ3n) is 3.79. The number of sulfonamides is 1. The Morgan fingerprint density at radius 1 is 1.19 bits per heavy atom. The maximum Gasteiger partial charge on any atom is 0.340 e. The van der Waals surface area contributed by atoms with Crippen LogP contribution < -0.4 is 4.72 Å². The Morgan fingerprint density at radius 2 is 1.88 bits per heavy atom. The van der Waals surface area contributed by atoms with Gasteiger partial charge < -0.3 is 4.74 Å². The molecule has 3 aromatic rings. The number of fused-ring (bicyclic) bond motifs is 1. The highest BCUT2D eigenvalue weighted by Gasteiger charge is 2.26. The molecule has 0 saturated carbocycles. The summed E-state index contributed by atoms with van der Waals surface area (Å²) in [6.45, 7) is 5.18. The lowest BCUT2D eigenvalue weighted by Gasteiger charge is -2.14. The van der Waals surface area contributed by atoms with Gasteiger partial charge in [0.05, 0.1) is 18.4 Å². The first-order chi connectivity index (χ1) is 12.2. The SMILES string of the molecule is COC(=O)c1c(C)ccc(C)c1NS(=O)(=O)c1nc2ncc(C)cn2n1. The number of carbonyl (C=O) groups is 1. The van der Waals surface area contributed by atoms with E-state index in [4.69, 9.17) is 4.74 Å². The minimum atomic E-state index is -4.13. The van der Waals surface area contributed by atoms with E-state index in [0.29, 0.717) is 11.1 Å². The molecule has 2 aromatic heterocycles. The van der Waals surface area contributed by atoms with Crippen molar-refractivity contribution in [2.75, 3.05) is 11.8 Å². The van der Waals surface area contributed by atoms with Crippen LogP contribution in [0.4, 0.5) is 5.69 Å². The van der Waals surface area contributed by atoms with Crippen LogP contribution in [-0.2, 0) is 14.8 Å². The molecule has 0 unspecified atom stereocenters. The molecule has 0 aliphatic rings. The van der Waals surface area contributed by atoms with E-state index in [9.17, 15) is 13.2 Å². The van der Waals surface area contributed by atoms with Gasteiger partial charge in [-0.1, -0.05) is 12.1 Å². The standard InChI is InChI=1S/C16H17N5O4S/c1-9-7-17-15-18-16(19-21(15)8-9)26(23,24)20-13-11(3)6-5-10(2)12(13)14(22)25-4/h5-8,20H,1-4H3. The zero-order chi connectivity index (χ0) is 19.1. The molecule has 0 aliphatic carbocycles. The van der Waals surface area contributed by atoms with Crippen molar-refractivity contribution >= 4 is 27.5 Å². The molecule has 1 N–H and O–H groups in total. The Hall–Kier alpha value is -3.01. The Labute approximate surface area is 150 Å². The minimum Gasteiger partial charge on any atom is -0.465 e. The molecule has 0 fully saturated rings. The molecule has 26 heavy (non-hydrogen) atoms. The quantitative estimate of drug-likeness (QED) is 0.689. The van der Waals surface area contributed by atoms with E-state index in [1.54, 1.807) is 45.3 Å². The van der Waals surface area contributed by atoms with Gasteiger partial charge in [-0.2, -0.15) is 13.4 Å². The van der Waals surface area contributed by atoms with Gasteiger partial charge in [-0.05, 0) is 37.5 Å². The molecule has 2 heterocycles. The van der Waals surface area contributed by atoms with Gasteiger partial charge in [-0.3, -0.25) is 4.72 Å². The van der Waals surface area contributed by atoms with E-state index in [0.717, 1.165) is 5.56 Å². The number of ether oxygens (including phenoxy) is 1. The Bertz CT molecular complexity index is 1120. The van der Waals surface area contributed by atoms with Gasteiger partial charge in [0.25, 0.3) is 21.0 Å². The number of hydrogen-bond acceptors (Lipinski definition) is 7. The van der Waals surface area contributed by atoms with Crippen LogP contribution in [0.25, 0.3) is 5.78 Å². The van der Waals surface area contributed by atoms with E-state index >= 15 is 0 Å². The van der Waals surface area contributed by atoms with Gasteiger partial charge >= 0.3 is 5.97 Å². The number of hydrogen-bond donors (Lipinski definition) is 1. The van der Waals surface area contributed by atoms with Crippen molar-refractivity contribution in [3.63, 3.8) is 0 Å². The number of aryl methyl sites for hydroxylation is 3. The first-order valence-corrected chi connectivity index (χ1v) is 9.11. The number of esters is 1. The van der Waals surface area contributed by atoms with Crippen molar-refractivity contribution in [2.45, 2.75) is 25.9 Å². The van der Waals surface area contributed by atoms with Gasteiger partial charge in [-0.25, -0.2) is 14.3 Å². The van der Waals surface area contributed by atoms with Crippen molar-refractivity contribution in [3.05, 3.63) is 46.8 Å². The highest BCUT2D eigenvalue weighted by molar-refractivity contribution is 7.92. The van der Waals surface area contributed by atoms with Crippen LogP contribution in [0.1, 0.15) is 27.0 Å². The van der Waals surface area contributed by atoms with Gasteiger partial charge in [0.15, 0.2) is 0 Å². The van der Waals surface area contributed by atoms with Gasteiger partial charge in [0.2, 0.25) is 0 Å². The number of carbonyl (C=O) groups excluding carboxylic acids is 1. The van der Waals surface area contributed by atoms with Crippen molar-refractivity contribution in [1.29, 1.82) is 0 Å². The largest absolute Gasteiger partial charge is 0.465 e. The first-order valence-electron chi connectivity index (χ1n) is 7.63. The van der Waals surface area contributed by atoms with E-state index in [-0.39, 0.29) is 17.0 Å². The zero-order valence-corrected chi connectivity index (χ0v) is 15.5. The number of nitrogens with one attached hydrogen (secondary N) is 1. The number of anilines is 1.